The molecule has 1 amide bonds. The van der Waals surface area contributed by atoms with Crippen LogP contribution in [0.5, 0.6) is 0 Å². The molecule has 1 aliphatic heterocycles. The number of carbonyl (C=O) groups excluding carboxylic acids is 1. The van der Waals surface area contributed by atoms with Crippen molar-refractivity contribution in [2.45, 2.75) is 38.2 Å². The van der Waals surface area contributed by atoms with Crippen molar-refractivity contribution in [3.8, 4) is 0 Å². The lowest BCUT2D eigenvalue weighted by Gasteiger charge is -2.32. The Hall–Kier alpha value is -2.28. The third kappa shape index (κ3) is 3.28. The van der Waals surface area contributed by atoms with Crippen LogP contribution in [0.25, 0.3) is 0 Å². The lowest BCUT2D eigenvalue weighted by Crippen LogP contribution is -2.43. The summed E-state index contributed by atoms with van der Waals surface area (Å²) in [5, 5.41) is 7.20. The maximum absolute atomic E-state index is 12.8. The van der Waals surface area contributed by atoms with Crippen LogP contribution in [0, 0.1) is 5.92 Å². The van der Waals surface area contributed by atoms with Gasteiger partial charge in [0, 0.05) is 30.8 Å². The molecule has 1 N–H and O–H groups in total. The largest absolute Gasteiger partial charge is 0.367 e. The molecule has 3 atom stereocenters. The molecule has 132 valence electrons. The van der Waals surface area contributed by atoms with Crippen LogP contribution in [0.3, 0.4) is 0 Å². The van der Waals surface area contributed by atoms with Gasteiger partial charge < -0.3 is 9.64 Å². The molecule has 0 radical (unpaired) electrons. The molecular weight excluding hydrogens is 318 g/mol. The first kappa shape index (κ1) is 16.2. The quantitative estimate of drug-likeness (QED) is 0.920. The number of carbonyl (C=O) groups is 1. The number of pyridine rings is 1. The molecule has 1 saturated heterocycles. The van der Waals surface area contributed by atoms with Gasteiger partial charge in [0.2, 0.25) is 5.91 Å². The van der Waals surface area contributed by atoms with E-state index in [1.54, 1.807) is 6.20 Å². The van der Waals surface area contributed by atoms with Gasteiger partial charge in [-0.3, -0.25) is 14.9 Å². The zero-order chi connectivity index (χ0) is 17.4. The van der Waals surface area contributed by atoms with Crippen LogP contribution >= 0.6 is 0 Å². The number of nitrogens with zero attached hydrogens (tertiary/aromatic N) is 4. The second kappa shape index (κ2) is 6.55. The van der Waals surface area contributed by atoms with Gasteiger partial charge in [-0.1, -0.05) is 19.9 Å². The van der Waals surface area contributed by atoms with Crippen molar-refractivity contribution in [2.24, 2.45) is 5.92 Å². The van der Waals surface area contributed by atoms with Crippen LogP contribution in [-0.4, -0.2) is 50.7 Å². The van der Waals surface area contributed by atoms with E-state index in [1.165, 1.54) is 0 Å². The molecule has 7 nitrogen and oxygen atoms in total. The van der Waals surface area contributed by atoms with Crippen LogP contribution in [-0.2, 0) is 9.53 Å². The van der Waals surface area contributed by atoms with Gasteiger partial charge >= 0.3 is 0 Å². The summed E-state index contributed by atoms with van der Waals surface area (Å²) in [6.45, 7) is 5.79. The normalized spacial score (nSPS) is 26.0. The molecule has 25 heavy (non-hydrogen) atoms. The summed E-state index contributed by atoms with van der Waals surface area (Å²) in [6.07, 6.45) is 4.31. The first-order valence-corrected chi connectivity index (χ1v) is 8.86. The van der Waals surface area contributed by atoms with Gasteiger partial charge in [0.1, 0.15) is 6.10 Å². The van der Waals surface area contributed by atoms with Crippen molar-refractivity contribution in [1.29, 1.82) is 0 Å². The Morgan fingerprint density at radius 2 is 2.32 bits per heavy atom. The van der Waals surface area contributed by atoms with Gasteiger partial charge in [-0.15, -0.1) is 0 Å². The molecule has 7 heteroatoms. The minimum Gasteiger partial charge on any atom is -0.367 e. The lowest BCUT2D eigenvalue weighted by molar-refractivity contribution is -0.140. The SMILES string of the molecule is CC(C)c1n[nH]c([C@@H]2CN(C(=O)[C@@H]3C[C@H]3c3cccnc3)CCO2)n1. The fourth-order valence-corrected chi connectivity index (χ4v) is 3.37. The monoisotopic (exact) mass is 341 g/mol. The standard InChI is InChI=1S/C18H23N5O2/c1-11(2)16-20-17(22-21-16)15-10-23(6-7-25-15)18(24)14-8-13(14)12-4-3-5-19-9-12/h3-5,9,11,13-15H,6-8,10H2,1-2H3,(H,20,21,22)/t13-,14+,15-/m0/s1. The van der Waals surface area contributed by atoms with Crippen molar-refractivity contribution in [3.63, 3.8) is 0 Å². The van der Waals surface area contributed by atoms with Crippen LogP contribution in [0.4, 0.5) is 0 Å². The number of hydrogen-bond donors (Lipinski definition) is 1. The number of hydrogen-bond acceptors (Lipinski definition) is 5. The summed E-state index contributed by atoms with van der Waals surface area (Å²) >= 11 is 0. The van der Waals surface area contributed by atoms with E-state index in [2.05, 4.69) is 40.1 Å². The number of morpholine rings is 1. The molecule has 1 aliphatic carbocycles. The van der Waals surface area contributed by atoms with Crippen LogP contribution in [0.1, 0.15) is 55.4 Å². The Bertz CT molecular complexity index is 745. The Morgan fingerprint density at radius 1 is 1.44 bits per heavy atom. The van der Waals surface area contributed by atoms with Gasteiger partial charge in [-0.05, 0) is 24.0 Å². The fraction of sp³-hybridized carbons (Fsp3) is 0.556. The Balaban J connectivity index is 1.40. The molecule has 0 unspecified atom stereocenters. The number of aromatic amines is 1. The van der Waals surface area contributed by atoms with Crippen LogP contribution in [0.15, 0.2) is 24.5 Å². The summed E-state index contributed by atoms with van der Waals surface area (Å²) in [7, 11) is 0. The summed E-state index contributed by atoms with van der Waals surface area (Å²) in [5.74, 6) is 2.34. The number of H-pyrrole nitrogens is 1. The van der Waals surface area contributed by atoms with Crippen molar-refractivity contribution in [1.82, 2.24) is 25.1 Å². The number of rotatable bonds is 4. The van der Waals surface area contributed by atoms with Gasteiger partial charge in [-0.25, -0.2) is 4.98 Å². The van der Waals surface area contributed by atoms with Crippen molar-refractivity contribution < 1.29 is 9.53 Å². The highest BCUT2D eigenvalue weighted by Gasteiger charge is 2.46. The van der Waals surface area contributed by atoms with Gasteiger partial charge in [0.05, 0.1) is 13.2 Å². The summed E-state index contributed by atoms with van der Waals surface area (Å²) in [4.78, 5) is 23.4. The maximum atomic E-state index is 12.8. The molecule has 1 saturated carbocycles. The van der Waals surface area contributed by atoms with Crippen molar-refractivity contribution in [3.05, 3.63) is 41.7 Å². The minimum absolute atomic E-state index is 0.0731. The number of amides is 1. The Labute approximate surface area is 146 Å². The number of ether oxygens (including phenoxy) is 1. The fourth-order valence-electron chi connectivity index (χ4n) is 3.37. The first-order chi connectivity index (χ1) is 12.1. The molecule has 0 bridgehead atoms. The number of nitrogens with one attached hydrogen (secondary N) is 1. The van der Waals surface area contributed by atoms with Crippen molar-refractivity contribution >= 4 is 5.91 Å². The lowest BCUT2D eigenvalue weighted by atomic mass is 10.1. The molecule has 2 aromatic rings. The molecular formula is C18H23N5O2. The minimum atomic E-state index is -0.228. The average Bonchev–Trinajstić information content (AvgIpc) is 3.29. The molecule has 2 aliphatic rings. The Kier molecular flexibility index (Phi) is 4.25. The highest BCUT2D eigenvalue weighted by molar-refractivity contribution is 5.83. The van der Waals surface area contributed by atoms with Crippen molar-refractivity contribution in [2.75, 3.05) is 19.7 Å². The average molecular weight is 341 g/mol. The van der Waals surface area contributed by atoms with Gasteiger partial charge in [0.15, 0.2) is 11.6 Å². The molecule has 0 aromatic carbocycles. The van der Waals surface area contributed by atoms with E-state index in [9.17, 15) is 4.79 Å². The van der Waals surface area contributed by atoms with E-state index in [0.29, 0.717) is 31.4 Å². The molecule has 2 aromatic heterocycles. The topological polar surface area (TPSA) is 84.0 Å². The predicted molar refractivity (Wildman–Crippen MR) is 90.8 cm³/mol. The number of aromatic nitrogens is 4. The molecule has 3 heterocycles. The first-order valence-electron chi connectivity index (χ1n) is 8.86. The zero-order valence-corrected chi connectivity index (χ0v) is 14.6. The highest BCUT2D eigenvalue weighted by Crippen LogP contribution is 2.48. The molecule has 0 spiro atoms. The maximum Gasteiger partial charge on any atom is 0.226 e. The molecule has 2 fully saturated rings. The van der Waals surface area contributed by atoms with Crippen LogP contribution < -0.4 is 0 Å². The van der Waals surface area contributed by atoms with E-state index < -0.39 is 0 Å². The van der Waals surface area contributed by atoms with E-state index in [1.807, 2.05) is 17.2 Å². The second-order valence-corrected chi connectivity index (χ2v) is 7.11. The third-order valence-corrected chi connectivity index (χ3v) is 4.94. The van der Waals surface area contributed by atoms with E-state index in [-0.39, 0.29) is 23.8 Å². The third-order valence-electron chi connectivity index (χ3n) is 4.94. The second-order valence-electron chi connectivity index (χ2n) is 7.11. The molecule has 4 rings (SSSR count). The summed E-state index contributed by atoms with van der Waals surface area (Å²) < 4.78 is 5.81. The van der Waals surface area contributed by atoms with E-state index in [4.69, 9.17) is 4.74 Å². The van der Waals surface area contributed by atoms with E-state index >= 15 is 0 Å². The predicted octanol–water partition coefficient (Wildman–Crippen LogP) is 2.03. The summed E-state index contributed by atoms with van der Waals surface area (Å²) in [5.41, 5.74) is 1.16. The van der Waals surface area contributed by atoms with E-state index in [0.717, 1.165) is 17.8 Å². The van der Waals surface area contributed by atoms with Crippen LogP contribution in [0.2, 0.25) is 0 Å². The smallest absolute Gasteiger partial charge is 0.226 e. The van der Waals surface area contributed by atoms with Gasteiger partial charge in [0.25, 0.3) is 0 Å². The highest BCUT2D eigenvalue weighted by atomic mass is 16.5. The summed E-state index contributed by atoms with van der Waals surface area (Å²) in [6, 6.07) is 3.98. The Morgan fingerprint density at radius 3 is 3.04 bits per heavy atom. The van der Waals surface area contributed by atoms with Gasteiger partial charge in [-0.2, -0.15) is 5.10 Å². The zero-order valence-electron chi connectivity index (χ0n) is 14.6.